The monoisotopic (exact) mass is 301 g/mol. The van der Waals surface area contributed by atoms with Gasteiger partial charge in [-0.15, -0.1) is 0 Å². The fourth-order valence-electron chi connectivity index (χ4n) is 2.76. The second kappa shape index (κ2) is 6.92. The summed E-state index contributed by atoms with van der Waals surface area (Å²) < 4.78 is 1.97. The zero-order valence-electron chi connectivity index (χ0n) is 14.5. The lowest BCUT2D eigenvalue weighted by molar-refractivity contribution is 0.558. The molecule has 0 aliphatic carbocycles. The predicted octanol–water partition coefficient (Wildman–Crippen LogP) is 2.86. The summed E-state index contributed by atoms with van der Waals surface area (Å²) in [6.45, 7) is 7.30. The van der Waals surface area contributed by atoms with Gasteiger partial charge in [-0.2, -0.15) is 5.10 Å². The molecule has 0 radical (unpaired) electrons. The van der Waals surface area contributed by atoms with Gasteiger partial charge in [-0.05, 0) is 25.0 Å². The van der Waals surface area contributed by atoms with Crippen LogP contribution in [0, 0.1) is 0 Å². The first kappa shape index (κ1) is 16.5. The van der Waals surface area contributed by atoms with Gasteiger partial charge < -0.3 is 10.2 Å². The first-order chi connectivity index (χ1) is 10.4. The van der Waals surface area contributed by atoms with Crippen molar-refractivity contribution >= 4 is 5.82 Å². The van der Waals surface area contributed by atoms with E-state index in [1.807, 2.05) is 30.1 Å². The molecule has 1 unspecified atom stereocenters. The van der Waals surface area contributed by atoms with E-state index in [4.69, 9.17) is 5.10 Å². The van der Waals surface area contributed by atoms with E-state index >= 15 is 0 Å². The summed E-state index contributed by atoms with van der Waals surface area (Å²) in [5.41, 5.74) is 3.49. The van der Waals surface area contributed by atoms with Crippen molar-refractivity contribution < 1.29 is 0 Å². The molecule has 2 aromatic rings. The molecule has 1 atom stereocenters. The van der Waals surface area contributed by atoms with Crippen LogP contribution in [0.1, 0.15) is 49.7 Å². The third-order valence-electron chi connectivity index (χ3n) is 3.83. The van der Waals surface area contributed by atoms with Crippen molar-refractivity contribution in [3.8, 4) is 0 Å². The molecule has 0 aliphatic heterocycles. The highest BCUT2D eigenvalue weighted by molar-refractivity contribution is 5.50. The van der Waals surface area contributed by atoms with Crippen LogP contribution >= 0.6 is 0 Å². The second-order valence-corrected chi connectivity index (χ2v) is 6.22. The number of hydrogen-bond acceptors (Lipinski definition) is 4. The summed E-state index contributed by atoms with van der Waals surface area (Å²) in [4.78, 5) is 6.54. The van der Waals surface area contributed by atoms with Gasteiger partial charge in [0.05, 0.1) is 11.4 Å². The van der Waals surface area contributed by atoms with E-state index in [2.05, 4.69) is 56.1 Å². The predicted molar refractivity (Wildman–Crippen MR) is 91.1 cm³/mol. The minimum absolute atomic E-state index is 0.205. The molecule has 2 aromatic heterocycles. The maximum atomic E-state index is 4.70. The molecule has 1 N–H and O–H groups in total. The van der Waals surface area contributed by atoms with Gasteiger partial charge in [0.25, 0.3) is 0 Å². The molecule has 0 aromatic carbocycles. The molecule has 5 nitrogen and oxygen atoms in total. The Morgan fingerprint density at radius 3 is 2.50 bits per heavy atom. The summed E-state index contributed by atoms with van der Waals surface area (Å²) in [7, 11) is 6.13. The maximum absolute atomic E-state index is 4.70. The van der Waals surface area contributed by atoms with Crippen molar-refractivity contribution in [3.05, 3.63) is 41.3 Å². The number of aromatic nitrogens is 3. The Hall–Kier alpha value is -1.88. The van der Waals surface area contributed by atoms with E-state index < -0.39 is 0 Å². The molecule has 2 rings (SSSR count). The van der Waals surface area contributed by atoms with Crippen LogP contribution in [0.2, 0.25) is 0 Å². The second-order valence-electron chi connectivity index (χ2n) is 6.22. The zero-order chi connectivity index (χ0) is 16.3. The summed E-state index contributed by atoms with van der Waals surface area (Å²) in [6.07, 6.45) is 1.84. The summed E-state index contributed by atoms with van der Waals surface area (Å²) in [5, 5.41) is 8.28. The molecule has 0 saturated heterocycles. The highest BCUT2D eigenvalue weighted by Gasteiger charge is 2.20. The van der Waals surface area contributed by atoms with E-state index in [0.29, 0.717) is 5.92 Å². The summed E-state index contributed by atoms with van der Waals surface area (Å²) in [6, 6.07) is 6.22. The van der Waals surface area contributed by atoms with E-state index in [0.717, 1.165) is 23.8 Å². The lowest BCUT2D eigenvalue weighted by Crippen LogP contribution is -2.22. The van der Waals surface area contributed by atoms with Gasteiger partial charge in [-0.3, -0.25) is 9.67 Å². The highest BCUT2D eigenvalue weighted by atomic mass is 15.4. The van der Waals surface area contributed by atoms with Crippen molar-refractivity contribution in [1.82, 2.24) is 20.1 Å². The molecule has 22 heavy (non-hydrogen) atoms. The lowest BCUT2D eigenvalue weighted by atomic mass is 10.0. The summed E-state index contributed by atoms with van der Waals surface area (Å²) in [5.74, 6) is 1.56. The fourth-order valence-corrected chi connectivity index (χ4v) is 2.76. The number of pyridine rings is 1. The van der Waals surface area contributed by atoms with Gasteiger partial charge >= 0.3 is 0 Å². The Balaban J connectivity index is 2.21. The Bertz CT molecular complexity index is 601. The molecule has 0 spiro atoms. The van der Waals surface area contributed by atoms with Gasteiger partial charge in [-0.1, -0.05) is 19.9 Å². The van der Waals surface area contributed by atoms with Gasteiger partial charge in [0.15, 0.2) is 0 Å². The Morgan fingerprint density at radius 2 is 1.95 bits per heavy atom. The first-order valence-electron chi connectivity index (χ1n) is 7.79. The average Bonchev–Trinajstić information content (AvgIpc) is 2.82. The van der Waals surface area contributed by atoms with Gasteiger partial charge in [0.1, 0.15) is 5.82 Å². The fraction of sp³-hybridized carbons (Fsp3) is 0.529. The molecule has 0 saturated carbocycles. The van der Waals surface area contributed by atoms with Crippen LogP contribution in [0.5, 0.6) is 0 Å². The van der Waals surface area contributed by atoms with Gasteiger partial charge in [-0.25, -0.2) is 0 Å². The Labute approximate surface area is 133 Å². The zero-order valence-corrected chi connectivity index (χ0v) is 14.5. The number of aryl methyl sites for hydroxylation is 1. The number of hydrogen-bond donors (Lipinski definition) is 1. The number of nitrogens with zero attached hydrogens (tertiary/aromatic N) is 4. The van der Waals surface area contributed by atoms with Crippen LogP contribution in [0.25, 0.3) is 0 Å². The van der Waals surface area contributed by atoms with Crippen molar-refractivity contribution in [3.63, 3.8) is 0 Å². The smallest absolute Gasteiger partial charge is 0.130 e. The maximum Gasteiger partial charge on any atom is 0.130 e. The normalized spacial score (nSPS) is 12.7. The van der Waals surface area contributed by atoms with E-state index in [9.17, 15) is 0 Å². The quantitative estimate of drug-likeness (QED) is 0.891. The third kappa shape index (κ3) is 3.47. The van der Waals surface area contributed by atoms with Crippen molar-refractivity contribution in [2.24, 2.45) is 7.05 Å². The van der Waals surface area contributed by atoms with Gasteiger partial charge in [0.2, 0.25) is 0 Å². The Kier molecular flexibility index (Phi) is 5.19. The van der Waals surface area contributed by atoms with Crippen LogP contribution < -0.4 is 10.2 Å². The minimum Gasteiger partial charge on any atom is -0.363 e. The van der Waals surface area contributed by atoms with Crippen LogP contribution in [0.15, 0.2) is 24.4 Å². The number of nitrogens with one attached hydrogen (secondary N) is 1. The molecule has 0 amide bonds. The van der Waals surface area contributed by atoms with Crippen LogP contribution in [0.3, 0.4) is 0 Å². The van der Waals surface area contributed by atoms with Crippen LogP contribution in [-0.2, 0) is 13.6 Å². The number of rotatable bonds is 6. The summed E-state index contributed by atoms with van der Waals surface area (Å²) >= 11 is 0. The average molecular weight is 301 g/mol. The largest absolute Gasteiger partial charge is 0.363 e. The molecule has 120 valence electrons. The van der Waals surface area contributed by atoms with Crippen molar-refractivity contribution in [1.29, 1.82) is 0 Å². The molecule has 0 aliphatic rings. The van der Waals surface area contributed by atoms with Crippen molar-refractivity contribution in [2.75, 3.05) is 19.0 Å². The van der Waals surface area contributed by atoms with E-state index in [-0.39, 0.29) is 6.04 Å². The van der Waals surface area contributed by atoms with E-state index in [1.54, 1.807) is 0 Å². The Morgan fingerprint density at radius 1 is 1.23 bits per heavy atom. The molecule has 0 bridgehead atoms. The number of anilines is 1. The molecular weight excluding hydrogens is 274 g/mol. The minimum atomic E-state index is 0.205. The van der Waals surface area contributed by atoms with Crippen LogP contribution in [0.4, 0.5) is 5.82 Å². The van der Waals surface area contributed by atoms with Crippen LogP contribution in [-0.4, -0.2) is 28.9 Å². The molecular formula is C17H27N5. The first-order valence-corrected chi connectivity index (χ1v) is 7.79. The molecule has 2 heterocycles. The standard InChI is InChI=1S/C17H27N5/c1-12(2)16-14(17(21(4)5)22(6)20-16)11-19-13(3)15-9-7-8-10-18-15/h7-10,12-13,19H,11H2,1-6H3. The molecule has 5 heteroatoms. The molecule has 0 fully saturated rings. The van der Waals surface area contributed by atoms with E-state index in [1.165, 1.54) is 5.56 Å². The third-order valence-corrected chi connectivity index (χ3v) is 3.83. The lowest BCUT2D eigenvalue weighted by Gasteiger charge is -2.18. The topological polar surface area (TPSA) is 46.0 Å². The SMILES string of the molecule is CC(C)c1nn(C)c(N(C)C)c1CNC(C)c1ccccn1. The highest BCUT2D eigenvalue weighted by Crippen LogP contribution is 2.27. The van der Waals surface area contributed by atoms with Crippen molar-refractivity contribution in [2.45, 2.75) is 39.3 Å². The van der Waals surface area contributed by atoms with Gasteiger partial charge in [0, 0.05) is 45.5 Å².